The van der Waals surface area contributed by atoms with Crippen LogP contribution >= 0.6 is 0 Å². The molecule has 0 aliphatic rings. The Morgan fingerprint density at radius 2 is 1.86 bits per heavy atom. The number of anilines is 1. The van der Waals surface area contributed by atoms with Crippen LogP contribution in [0, 0.1) is 13.8 Å². The quantitative estimate of drug-likeness (QED) is 0.801. The van der Waals surface area contributed by atoms with Gasteiger partial charge in [0.2, 0.25) is 0 Å². The number of imidazole rings is 1. The molecule has 21 heavy (non-hydrogen) atoms. The first-order chi connectivity index (χ1) is 10.1. The molecule has 2 heterocycles. The maximum atomic E-state index is 5.91. The van der Waals surface area contributed by atoms with Gasteiger partial charge < -0.3 is 5.73 Å². The van der Waals surface area contributed by atoms with Crippen molar-refractivity contribution in [1.29, 1.82) is 0 Å². The van der Waals surface area contributed by atoms with Crippen molar-refractivity contribution in [2.45, 2.75) is 33.6 Å². The molecule has 5 heteroatoms. The Kier molecular flexibility index (Phi) is 3.33. The van der Waals surface area contributed by atoms with Gasteiger partial charge in [-0.1, -0.05) is 6.92 Å². The van der Waals surface area contributed by atoms with E-state index >= 15 is 0 Å². The SMILES string of the molecule is CCCc1nc(N)cc(-n2cnc3cc(C)c(C)cc32)n1. The largest absolute Gasteiger partial charge is 0.384 e. The fourth-order valence-electron chi connectivity index (χ4n) is 2.41. The van der Waals surface area contributed by atoms with Gasteiger partial charge in [-0.2, -0.15) is 0 Å². The van der Waals surface area contributed by atoms with Gasteiger partial charge in [-0.05, 0) is 43.5 Å². The Balaban J connectivity index is 2.18. The molecule has 0 aliphatic carbocycles. The fourth-order valence-corrected chi connectivity index (χ4v) is 2.41. The summed E-state index contributed by atoms with van der Waals surface area (Å²) in [7, 11) is 0. The van der Waals surface area contributed by atoms with Crippen molar-refractivity contribution >= 4 is 16.9 Å². The molecular formula is C16H19N5. The van der Waals surface area contributed by atoms with E-state index in [1.807, 2.05) is 4.57 Å². The summed E-state index contributed by atoms with van der Waals surface area (Å²) in [6.45, 7) is 6.30. The highest BCUT2D eigenvalue weighted by Gasteiger charge is 2.10. The summed E-state index contributed by atoms with van der Waals surface area (Å²) in [4.78, 5) is 13.3. The van der Waals surface area contributed by atoms with Crippen LogP contribution in [0.1, 0.15) is 30.3 Å². The third kappa shape index (κ3) is 2.46. The molecule has 0 fully saturated rings. The molecule has 3 aromatic rings. The summed E-state index contributed by atoms with van der Waals surface area (Å²) >= 11 is 0. The Morgan fingerprint density at radius 1 is 1.10 bits per heavy atom. The number of rotatable bonds is 3. The highest BCUT2D eigenvalue weighted by Crippen LogP contribution is 2.21. The summed E-state index contributed by atoms with van der Waals surface area (Å²) in [6, 6.07) is 6.02. The van der Waals surface area contributed by atoms with E-state index in [2.05, 4.69) is 47.9 Å². The van der Waals surface area contributed by atoms with E-state index in [1.54, 1.807) is 12.4 Å². The molecule has 2 N–H and O–H groups in total. The van der Waals surface area contributed by atoms with Crippen molar-refractivity contribution in [2.24, 2.45) is 0 Å². The Morgan fingerprint density at radius 3 is 2.62 bits per heavy atom. The van der Waals surface area contributed by atoms with E-state index in [0.29, 0.717) is 5.82 Å². The summed E-state index contributed by atoms with van der Waals surface area (Å²) in [5.41, 5.74) is 10.4. The lowest BCUT2D eigenvalue weighted by atomic mass is 10.1. The highest BCUT2D eigenvalue weighted by atomic mass is 15.1. The molecule has 0 saturated carbocycles. The van der Waals surface area contributed by atoms with E-state index in [4.69, 9.17) is 5.73 Å². The number of hydrogen-bond acceptors (Lipinski definition) is 4. The van der Waals surface area contributed by atoms with Crippen LogP contribution in [0.3, 0.4) is 0 Å². The monoisotopic (exact) mass is 281 g/mol. The van der Waals surface area contributed by atoms with Gasteiger partial charge in [0, 0.05) is 12.5 Å². The standard InChI is InChI=1S/C16H19N5/c1-4-5-15-19-14(17)8-16(20-15)21-9-18-12-6-10(2)11(3)7-13(12)21/h6-9H,4-5H2,1-3H3,(H2,17,19,20). The zero-order valence-corrected chi connectivity index (χ0v) is 12.6. The van der Waals surface area contributed by atoms with E-state index in [1.165, 1.54) is 11.1 Å². The molecular weight excluding hydrogens is 262 g/mol. The number of benzene rings is 1. The van der Waals surface area contributed by atoms with Crippen LogP contribution in [0.4, 0.5) is 5.82 Å². The van der Waals surface area contributed by atoms with Crippen LogP contribution in [0.15, 0.2) is 24.5 Å². The molecule has 0 unspecified atom stereocenters. The number of fused-ring (bicyclic) bond motifs is 1. The van der Waals surface area contributed by atoms with E-state index in [-0.39, 0.29) is 0 Å². The lowest BCUT2D eigenvalue weighted by Crippen LogP contribution is -2.05. The van der Waals surface area contributed by atoms with Gasteiger partial charge in [0.15, 0.2) is 0 Å². The first-order valence-corrected chi connectivity index (χ1v) is 7.16. The topological polar surface area (TPSA) is 69.6 Å². The van der Waals surface area contributed by atoms with Crippen LogP contribution in [-0.4, -0.2) is 19.5 Å². The van der Waals surface area contributed by atoms with Gasteiger partial charge in [-0.3, -0.25) is 4.57 Å². The number of aromatic nitrogens is 4. The van der Waals surface area contributed by atoms with Crippen LogP contribution in [0.25, 0.3) is 16.9 Å². The van der Waals surface area contributed by atoms with Crippen molar-refractivity contribution in [2.75, 3.05) is 5.73 Å². The zero-order chi connectivity index (χ0) is 15.0. The fraction of sp³-hybridized carbons (Fsp3) is 0.312. The maximum Gasteiger partial charge on any atom is 0.144 e. The van der Waals surface area contributed by atoms with Gasteiger partial charge in [0.05, 0.1) is 11.0 Å². The first kappa shape index (κ1) is 13.5. The van der Waals surface area contributed by atoms with Crippen molar-refractivity contribution in [3.63, 3.8) is 0 Å². The Labute approximate surface area is 123 Å². The smallest absolute Gasteiger partial charge is 0.144 e. The molecule has 0 bridgehead atoms. The highest BCUT2D eigenvalue weighted by molar-refractivity contribution is 5.79. The lowest BCUT2D eigenvalue weighted by molar-refractivity contribution is 0.823. The Hall–Kier alpha value is -2.43. The van der Waals surface area contributed by atoms with Crippen molar-refractivity contribution in [1.82, 2.24) is 19.5 Å². The van der Waals surface area contributed by atoms with Gasteiger partial charge in [0.25, 0.3) is 0 Å². The van der Waals surface area contributed by atoms with Crippen LogP contribution in [0.2, 0.25) is 0 Å². The summed E-state index contributed by atoms with van der Waals surface area (Å²) in [6.07, 6.45) is 3.61. The van der Waals surface area contributed by atoms with E-state index < -0.39 is 0 Å². The normalized spacial score (nSPS) is 11.2. The number of nitrogen functional groups attached to an aromatic ring is 1. The molecule has 0 aliphatic heterocycles. The molecule has 0 saturated heterocycles. The minimum absolute atomic E-state index is 0.495. The molecule has 0 spiro atoms. The predicted octanol–water partition coefficient (Wildman–Crippen LogP) is 2.97. The summed E-state index contributed by atoms with van der Waals surface area (Å²) in [5, 5.41) is 0. The molecule has 0 atom stereocenters. The van der Waals surface area contributed by atoms with Crippen LogP contribution in [-0.2, 0) is 6.42 Å². The third-order valence-electron chi connectivity index (χ3n) is 3.66. The van der Waals surface area contributed by atoms with Gasteiger partial charge >= 0.3 is 0 Å². The second-order valence-corrected chi connectivity index (χ2v) is 5.36. The number of hydrogen-bond donors (Lipinski definition) is 1. The second-order valence-electron chi connectivity index (χ2n) is 5.36. The molecule has 2 aromatic heterocycles. The Bertz CT molecular complexity index is 804. The minimum atomic E-state index is 0.495. The number of nitrogens with two attached hydrogens (primary N) is 1. The third-order valence-corrected chi connectivity index (χ3v) is 3.66. The van der Waals surface area contributed by atoms with Crippen molar-refractivity contribution < 1.29 is 0 Å². The van der Waals surface area contributed by atoms with E-state index in [0.717, 1.165) is 35.5 Å². The van der Waals surface area contributed by atoms with Gasteiger partial charge in [-0.15, -0.1) is 0 Å². The average molecular weight is 281 g/mol. The van der Waals surface area contributed by atoms with Crippen molar-refractivity contribution in [3.8, 4) is 5.82 Å². The molecule has 108 valence electrons. The van der Waals surface area contributed by atoms with Gasteiger partial charge in [-0.25, -0.2) is 15.0 Å². The van der Waals surface area contributed by atoms with E-state index in [9.17, 15) is 0 Å². The molecule has 5 nitrogen and oxygen atoms in total. The maximum absolute atomic E-state index is 5.91. The summed E-state index contributed by atoms with van der Waals surface area (Å²) in [5.74, 6) is 2.05. The average Bonchev–Trinajstić information content (AvgIpc) is 2.82. The summed E-state index contributed by atoms with van der Waals surface area (Å²) < 4.78 is 1.97. The molecule has 3 rings (SSSR count). The van der Waals surface area contributed by atoms with Gasteiger partial charge in [0.1, 0.15) is 23.8 Å². The predicted molar refractivity (Wildman–Crippen MR) is 84.5 cm³/mol. The minimum Gasteiger partial charge on any atom is -0.384 e. The number of nitrogens with zero attached hydrogens (tertiary/aromatic N) is 4. The van der Waals surface area contributed by atoms with Crippen LogP contribution < -0.4 is 5.73 Å². The second kappa shape index (κ2) is 5.16. The molecule has 1 aromatic carbocycles. The van der Waals surface area contributed by atoms with Crippen molar-refractivity contribution in [3.05, 3.63) is 41.5 Å². The molecule has 0 amide bonds. The lowest BCUT2D eigenvalue weighted by Gasteiger charge is -2.08. The number of aryl methyl sites for hydroxylation is 3. The molecule has 0 radical (unpaired) electrons. The first-order valence-electron chi connectivity index (χ1n) is 7.16. The zero-order valence-electron chi connectivity index (χ0n) is 12.6. The van der Waals surface area contributed by atoms with Crippen LogP contribution in [0.5, 0.6) is 0 Å².